The predicted octanol–water partition coefficient (Wildman–Crippen LogP) is 3.08. The first kappa shape index (κ1) is 18.8. The Hall–Kier alpha value is -3.02. The second kappa shape index (κ2) is 7.70. The highest BCUT2D eigenvalue weighted by Crippen LogP contribution is 2.48. The Balaban J connectivity index is 1.69. The highest BCUT2D eigenvalue weighted by atomic mass is 16.5. The highest BCUT2D eigenvalue weighted by Gasteiger charge is 2.57. The summed E-state index contributed by atoms with van der Waals surface area (Å²) in [6, 6.07) is 14.9. The van der Waals surface area contributed by atoms with E-state index in [1.165, 1.54) is 7.11 Å². The van der Waals surface area contributed by atoms with Crippen LogP contribution in [0.3, 0.4) is 0 Å². The maximum Gasteiger partial charge on any atom is 0.240 e. The predicted molar refractivity (Wildman–Crippen MR) is 103 cm³/mol. The first-order valence-electron chi connectivity index (χ1n) is 8.83. The van der Waals surface area contributed by atoms with Gasteiger partial charge in [-0.2, -0.15) is 0 Å². The summed E-state index contributed by atoms with van der Waals surface area (Å²) >= 11 is 0. The Morgan fingerprint density at radius 1 is 1.04 bits per heavy atom. The fraction of sp³-hybridized carbons (Fsp3) is 0.333. The number of benzene rings is 2. The minimum absolute atomic E-state index is 0.149. The number of nitrogens with zero attached hydrogens (tertiary/aromatic N) is 1. The van der Waals surface area contributed by atoms with Crippen LogP contribution in [-0.2, 0) is 16.1 Å². The number of carbonyl (C=O) groups is 2. The van der Waals surface area contributed by atoms with E-state index in [1.54, 1.807) is 37.3 Å². The molecule has 0 atom stereocenters. The topological polar surface area (TPSA) is 67.9 Å². The maximum absolute atomic E-state index is 12.9. The largest absolute Gasteiger partial charge is 0.493 e. The van der Waals surface area contributed by atoms with Gasteiger partial charge in [0.2, 0.25) is 11.8 Å². The highest BCUT2D eigenvalue weighted by molar-refractivity contribution is 6.13. The van der Waals surface area contributed by atoms with Crippen LogP contribution in [0.1, 0.15) is 18.4 Å². The van der Waals surface area contributed by atoms with Gasteiger partial charge in [-0.05, 0) is 30.5 Å². The molecule has 1 saturated carbocycles. The number of rotatable bonds is 7. The molecule has 0 radical (unpaired) electrons. The molecule has 1 aliphatic rings. The van der Waals surface area contributed by atoms with Crippen LogP contribution in [0.5, 0.6) is 11.5 Å². The number of carbonyl (C=O) groups excluding carboxylic acids is 2. The summed E-state index contributed by atoms with van der Waals surface area (Å²) < 4.78 is 10.5. The van der Waals surface area contributed by atoms with Crippen molar-refractivity contribution >= 4 is 17.5 Å². The van der Waals surface area contributed by atoms with E-state index in [1.807, 2.05) is 30.3 Å². The quantitative estimate of drug-likeness (QED) is 0.763. The molecule has 1 fully saturated rings. The van der Waals surface area contributed by atoms with Crippen molar-refractivity contribution in [3.63, 3.8) is 0 Å². The van der Waals surface area contributed by atoms with Gasteiger partial charge in [0.25, 0.3) is 0 Å². The van der Waals surface area contributed by atoms with Gasteiger partial charge in [-0.1, -0.05) is 30.3 Å². The molecule has 0 spiro atoms. The van der Waals surface area contributed by atoms with Gasteiger partial charge >= 0.3 is 0 Å². The summed E-state index contributed by atoms with van der Waals surface area (Å²) in [6.07, 6.45) is 1.12. The Kier molecular flexibility index (Phi) is 5.35. The minimum Gasteiger partial charge on any atom is -0.493 e. The smallest absolute Gasteiger partial charge is 0.240 e. The molecule has 6 heteroatoms. The zero-order valence-electron chi connectivity index (χ0n) is 15.8. The van der Waals surface area contributed by atoms with E-state index >= 15 is 0 Å². The van der Waals surface area contributed by atoms with Crippen molar-refractivity contribution in [2.45, 2.75) is 19.4 Å². The molecule has 2 aromatic carbocycles. The van der Waals surface area contributed by atoms with Gasteiger partial charge in [-0.25, -0.2) is 0 Å². The van der Waals surface area contributed by atoms with Gasteiger partial charge in [-0.3, -0.25) is 9.59 Å². The first-order chi connectivity index (χ1) is 13.0. The number of anilines is 1. The van der Waals surface area contributed by atoms with E-state index in [4.69, 9.17) is 9.47 Å². The van der Waals surface area contributed by atoms with Crippen LogP contribution in [-0.4, -0.2) is 38.0 Å². The Bertz CT molecular complexity index is 831. The molecule has 3 rings (SSSR count). The molecule has 0 saturated heterocycles. The normalized spacial score (nSPS) is 14.2. The SMILES string of the molecule is COc1ccc(NC(=O)C2(C(=O)N(C)Cc3ccccc3)CC2)cc1OC. The van der Waals surface area contributed by atoms with Crippen molar-refractivity contribution in [1.82, 2.24) is 4.90 Å². The second-order valence-electron chi connectivity index (χ2n) is 6.75. The molecule has 0 bridgehead atoms. The molecule has 27 heavy (non-hydrogen) atoms. The van der Waals surface area contributed by atoms with Crippen molar-refractivity contribution in [2.75, 3.05) is 26.6 Å². The van der Waals surface area contributed by atoms with Gasteiger partial charge in [0.15, 0.2) is 11.5 Å². The molecule has 0 heterocycles. The standard InChI is InChI=1S/C21H24N2O4/c1-23(14-15-7-5-4-6-8-15)20(25)21(11-12-21)19(24)22-16-9-10-17(26-2)18(13-16)27-3/h4-10,13H,11-12,14H2,1-3H3,(H,22,24). The summed E-state index contributed by atoms with van der Waals surface area (Å²) in [5.74, 6) is 0.673. The number of hydrogen-bond acceptors (Lipinski definition) is 4. The maximum atomic E-state index is 12.9. The van der Waals surface area contributed by atoms with Crippen LogP contribution in [0.2, 0.25) is 0 Å². The van der Waals surface area contributed by atoms with Crippen LogP contribution >= 0.6 is 0 Å². The van der Waals surface area contributed by atoms with Gasteiger partial charge in [0.1, 0.15) is 5.41 Å². The lowest BCUT2D eigenvalue weighted by Crippen LogP contribution is -2.40. The van der Waals surface area contributed by atoms with Gasteiger partial charge in [0.05, 0.1) is 14.2 Å². The third kappa shape index (κ3) is 3.89. The Labute approximate surface area is 159 Å². The van der Waals surface area contributed by atoms with Crippen LogP contribution < -0.4 is 14.8 Å². The molecular formula is C21H24N2O4. The average Bonchev–Trinajstić information content (AvgIpc) is 3.50. The van der Waals surface area contributed by atoms with Crippen molar-refractivity contribution in [2.24, 2.45) is 5.41 Å². The van der Waals surface area contributed by atoms with E-state index < -0.39 is 5.41 Å². The zero-order valence-corrected chi connectivity index (χ0v) is 15.8. The molecule has 2 aromatic rings. The molecule has 1 aliphatic carbocycles. The summed E-state index contributed by atoms with van der Waals surface area (Å²) in [5, 5.41) is 2.85. The third-order valence-electron chi connectivity index (χ3n) is 4.84. The molecule has 6 nitrogen and oxygen atoms in total. The summed E-state index contributed by atoms with van der Waals surface area (Å²) in [7, 11) is 4.82. The van der Waals surface area contributed by atoms with E-state index in [2.05, 4.69) is 5.32 Å². The van der Waals surface area contributed by atoms with Crippen molar-refractivity contribution in [3.8, 4) is 11.5 Å². The monoisotopic (exact) mass is 368 g/mol. The fourth-order valence-corrected chi connectivity index (χ4v) is 3.12. The Morgan fingerprint density at radius 2 is 1.70 bits per heavy atom. The van der Waals surface area contributed by atoms with Gasteiger partial charge < -0.3 is 19.7 Å². The molecule has 0 aromatic heterocycles. The molecule has 1 N–H and O–H groups in total. The number of nitrogens with one attached hydrogen (secondary N) is 1. The number of amides is 2. The van der Waals surface area contributed by atoms with E-state index in [0.717, 1.165) is 5.56 Å². The lowest BCUT2D eigenvalue weighted by molar-refractivity contribution is -0.141. The zero-order chi connectivity index (χ0) is 19.4. The summed E-state index contributed by atoms with van der Waals surface area (Å²) in [4.78, 5) is 27.3. The molecule has 142 valence electrons. The van der Waals surface area contributed by atoms with Crippen molar-refractivity contribution in [1.29, 1.82) is 0 Å². The molecule has 0 aliphatic heterocycles. The lowest BCUT2D eigenvalue weighted by atomic mass is 10.0. The van der Waals surface area contributed by atoms with E-state index in [0.29, 0.717) is 36.6 Å². The first-order valence-corrected chi connectivity index (χ1v) is 8.83. The molecular weight excluding hydrogens is 344 g/mol. The van der Waals surface area contributed by atoms with Crippen molar-refractivity contribution < 1.29 is 19.1 Å². The number of methoxy groups -OCH3 is 2. The second-order valence-corrected chi connectivity index (χ2v) is 6.75. The number of hydrogen-bond donors (Lipinski definition) is 1. The third-order valence-corrected chi connectivity index (χ3v) is 4.84. The van der Waals surface area contributed by atoms with Gasteiger partial charge in [0, 0.05) is 25.3 Å². The van der Waals surface area contributed by atoms with Gasteiger partial charge in [-0.15, -0.1) is 0 Å². The van der Waals surface area contributed by atoms with Crippen LogP contribution in [0.15, 0.2) is 48.5 Å². The van der Waals surface area contributed by atoms with E-state index in [9.17, 15) is 9.59 Å². The van der Waals surface area contributed by atoms with Crippen LogP contribution in [0.4, 0.5) is 5.69 Å². The molecule has 0 unspecified atom stereocenters. The summed E-state index contributed by atoms with van der Waals surface area (Å²) in [6.45, 7) is 0.477. The average molecular weight is 368 g/mol. The number of ether oxygens (including phenoxy) is 2. The van der Waals surface area contributed by atoms with Crippen molar-refractivity contribution in [3.05, 3.63) is 54.1 Å². The van der Waals surface area contributed by atoms with Crippen LogP contribution in [0, 0.1) is 5.41 Å². The Morgan fingerprint density at radius 3 is 2.30 bits per heavy atom. The fourth-order valence-electron chi connectivity index (χ4n) is 3.12. The van der Waals surface area contributed by atoms with E-state index in [-0.39, 0.29) is 11.8 Å². The summed E-state index contributed by atoms with van der Waals surface area (Å²) in [5.41, 5.74) is 0.628. The van der Waals surface area contributed by atoms with Crippen LogP contribution in [0.25, 0.3) is 0 Å². The lowest BCUT2D eigenvalue weighted by Gasteiger charge is -2.23. The molecule has 2 amide bonds. The minimum atomic E-state index is -0.976.